The first-order valence-electron chi connectivity index (χ1n) is 12.0. The summed E-state index contributed by atoms with van der Waals surface area (Å²) in [5, 5.41) is 91.6. The number of rotatable bonds is 4. The number of aromatic nitrogens is 2. The SMILES string of the molecule is CC(=N/O)/C(C)=N\O.CC(=N/O)/C(C)=N\O.CC(=N/[O-])/C(C)=N\[O-].CC(=N/[O-])/C(C)=N\[O-].[Co+2].[Co+2].c1ccncc1.c1ccncc1. The van der Waals surface area contributed by atoms with Gasteiger partial charge in [-0.15, -0.1) is 0 Å². The molecule has 0 fully saturated rings. The fourth-order valence-corrected chi connectivity index (χ4v) is 1.18. The molecule has 0 spiro atoms. The molecule has 0 saturated heterocycles. The van der Waals surface area contributed by atoms with Gasteiger partial charge in [0.05, 0.1) is 0 Å². The Bertz CT molecular complexity index is 951. The second kappa shape index (κ2) is 40.1. The van der Waals surface area contributed by atoms with Crippen molar-refractivity contribution in [3.05, 3.63) is 82.0 Å². The summed E-state index contributed by atoms with van der Waals surface area (Å²) in [6, 6.07) is 11.4. The second-order valence-corrected chi connectivity index (χ2v) is 7.50. The molecule has 4 N–H and O–H groups in total. The Balaban J connectivity index is -0.000000104. The first kappa shape index (κ1) is 53.6. The van der Waals surface area contributed by atoms with Gasteiger partial charge in [-0.2, -0.15) is 0 Å². The van der Waals surface area contributed by atoms with Crippen molar-refractivity contribution in [2.24, 2.45) is 41.2 Å². The van der Waals surface area contributed by atoms with Crippen molar-refractivity contribution in [3.63, 3.8) is 0 Å². The summed E-state index contributed by atoms with van der Waals surface area (Å²) in [6.07, 6.45) is 7.00. The van der Waals surface area contributed by atoms with E-state index in [2.05, 4.69) is 51.2 Å². The van der Waals surface area contributed by atoms with Crippen LogP contribution in [-0.4, -0.2) is 76.5 Å². The van der Waals surface area contributed by atoms with Crippen molar-refractivity contribution in [1.82, 2.24) is 9.97 Å². The van der Waals surface area contributed by atoms with Gasteiger partial charge in [0, 0.05) is 47.6 Å². The minimum absolute atomic E-state index is 0. The Morgan fingerprint density at radius 2 is 0.543 bits per heavy atom. The van der Waals surface area contributed by atoms with Gasteiger partial charge >= 0.3 is 33.6 Å². The third-order valence-corrected chi connectivity index (χ3v) is 4.38. The smallest absolute Gasteiger partial charge is 0.792 e. The third kappa shape index (κ3) is 37.1. The molecule has 0 atom stereocenters. The van der Waals surface area contributed by atoms with Crippen molar-refractivity contribution in [2.45, 2.75) is 55.4 Å². The zero-order valence-electron chi connectivity index (χ0n) is 26.3. The average molecular weight is 737 g/mol. The van der Waals surface area contributed by atoms with Crippen molar-refractivity contribution in [2.75, 3.05) is 0 Å². The van der Waals surface area contributed by atoms with Gasteiger partial charge in [-0.25, -0.2) is 0 Å². The largest absolute Gasteiger partial charge is 2.00 e. The molecule has 0 amide bonds. The van der Waals surface area contributed by atoms with Crippen LogP contribution in [0.4, 0.5) is 0 Å². The molecule has 2 rings (SSSR count). The van der Waals surface area contributed by atoms with Crippen LogP contribution in [0.15, 0.2) is 102 Å². The summed E-state index contributed by atoms with van der Waals surface area (Å²) >= 11 is 0. The molecule has 2 aromatic heterocycles. The normalized spacial score (nSPS) is 12.0. The maximum absolute atomic E-state index is 9.60. The number of pyridine rings is 2. The monoisotopic (exact) mass is 736 g/mol. The first-order chi connectivity index (χ1) is 20.9. The summed E-state index contributed by atoms with van der Waals surface area (Å²) in [5.74, 6) is 0. The summed E-state index contributed by atoms with van der Waals surface area (Å²) in [5.41, 5.74) is 1.81. The zero-order chi connectivity index (χ0) is 34.8. The van der Waals surface area contributed by atoms with Crippen molar-refractivity contribution >= 4 is 45.7 Å². The van der Waals surface area contributed by atoms with E-state index in [4.69, 9.17) is 20.8 Å². The van der Waals surface area contributed by atoms with Gasteiger partial charge in [0.15, 0.2) is 0 Å². The van der Waals surface area contributed by atoms with Gasteiger partial charge in [0.1, 0.15) is 22.8 Å². The molecule has 2 heterocycles. The van der Waals surface area contributed by atoms with Crippen LogP contribution in [0.5, 0.6) is 0 Å². The van der Waals surface area contributed by atoms with E-state index in [9.17, 15) is 20.8 Å². The van der Waals surface area contributed by atoms with E-state index in [1.165, 1.54) is 55.4 Å². The van der Waals surface area contributed by atoms with E-state index < -0.39 is 0 Å². The Hall–Kier alpha value is -4.93. The maximum Gasteiger partial charge on any atom is 2.00 e. The molecule has 18 nitrogen and oxygen atoms in total. The van der Waals surface area contributed by atoms with E-state index in [0.717, 1.165) is 0 Å². The van der Waals surface area contributed by atoms with Crippen LogP contribution in [0.25, 0.3) is 0 Å². The Morgan fingerprint density at radius 3 is 0.609 bits per heavy atom. The van der Waals surface area contributed by atoms with Crippen LogP contribution in [0.2, 0.25) is 0 Å². The Labute approximate surface area is 288 Å². The summed E-state index contributed by atoms with van der Waals surface area (Å²) in [6.45, 7) is 11.9. The Kier molecular flexibility index (Phi) is 46.7. The maximum atomic E-state index is 9.60. The molecule has 0 aliphatic heterocycles. The molecule has 46 heavy (non-hydrogen) atoms. The van der Waals surface area contributed by atoms with E-state index >= 15 is 0 Å². The van der Waals surface area contributed by atoms with Crippen molar-refractivity contribution in [3.8, 4) is 0 Å². The molecule has 0 bridgehead atoms. The number of hydrogen-bond acceptors (Lipinski definition) is 18. The quantitative estimate of drug-likeness (QED) is 0.177. The average Bonchev–Trinajstić information content (AvgIpc) is 3.11. The fraction of sp³-hybridized carbons (Fsp3) is 0.308. The molecule has 0 aromatic carbocycles. The van der Waals surface area contributed by atoms with Crippen LogP contribution in [0.3, 0.4) is 0 Å². The second-order valence-electron chi connectivity index (χ2n) is 7.50. The van der Waals surface area contributed by atoms with Gasteiger partial charge in [-0.05, 0) is 79.7 Å². The van der Waals surface area contributed by atoms with Crippen molar-refractivity contribution in [1.29, 1.82) is 0 Å². The topological polar surface area (TPSA) is 298 Å². The molecule has 0 saturated carbocycles. The Morgan fingerprint density at radius 1 is 0.370 bits per heavy atom. The summed E-state index contributed by atoms with van der Waals surface area (Å²) in [4.78, 5) is 7.57. The number of oxime groups is 4. The molecule has 0 aliphatic carbocycles. The van der Waals surface area contributed by atoms with Crippen LogP contribution in [0, 0.1) is 20.8 Å². The van der Waals surface area contributed by atoms with E-state index in [0.29, 0.717) is 22.8 Å². The molecule has 20 heteroatoms. The molecule has 258 valence electrons. The van der Waals surface area contributed by atoms with Gasteiger partial charge in [-0.1, -0.05) is 32.8 Å². The minimum atomic E-state index is 0. The van der Waals surface area contributed by atoms with Crippen LogP contribution in [-0.2, 0) is 33.6 Å². The van der Waals surface area contributed by atoms with E-state index in [1.54, 1.807) is 24.8 Å². The van der Waals surface area contributed by atoms with Crippen LogP contribution >= 0.6 is 0 Å². The molecule has 2 aromatic rings. The summed E-state index contributed by atoms with van der Waals surface area (Å²) in [7, 11) is 0. The van der Waals surface area contributed by atoms with E-state index in [1.807, 2.05) is 36.4 Å². The molecule has 0 unspecified atom stereocenters. The van der Waals surface area contributed by atoms with E-state index in [-0.39, 0.29) is 56.4 Å². The number of hydrogen-bond donors (Lipinski definition) is 4. The van der Waals surface area contributed by atoms with Gasteiger partial charge in [0.25, 0.3) is 0 Å². The van der Waals surface area contributed by atoms with Crippen molar-refractivity contribution < 1.29 is 54.4 Å². The van der Waals surface area contributed by atoms with Crippen LogP contribution < -0.4 is 0 Å². The predicted octanol–water partition coefficient (Wildman–Crippen LogP) is 5.34. The minimum Gasteiger partial charge on any atom is -0.792 e. The summed E-state index contributed by atoms with van der Waals surface area (Å²) < 4.78 is 0. The first-order valence-corrected chi connectivity index (χ1v) is 12.0. The van der Waals surface area contributed by atoms with Crippen LogP contribution in [0.1, 0.15) is 55.4 Å². The number of nitrogens with zero attached hydrogens (tertiary/aromatic N) is 10. The fourth-order valence-electron chi connectivity index (χ4n) is 1.18. The van der Waals surface area contributed by atoms with Gasteiger partial charge in [0.2, 0.25) is 0 Å². The third-order valence-electron chi connectivity index (χ3n) is 4.38. The molecular weight excluding hydrogens is 698 g/mol. The molecule has 0 aliphatic rings. The van der Waals surface area contributed by atoms with Gasteiger partial charge in [-0.3, -0.25) is 9.97 Å². The zero-order valence-corrected chi connectivity index (χ0v) is 28.4. The standard InChI is InChI=1S/2C5H5N.4C4H8N2O2.2Co/c2*1-2-4-6-5-3-1;4*1-3(5-7)4(2)6-8;;/h2*1-5H;4*7-8H,1-2H3;;/q;;;;;;2*+2/p-4/b;;4*5-3-,6-4-;;. The molecule has 2 radical (unpaired) electrons. The molecular formula is C26H38Co2N10O8. The predicted molar refractivity (Wildman–Crippen MR) is 174 cm³/mol. The van der Waals surface area contributed by atoms with Gasteiger partial charge < -0.3 is 62.3 Å².